The molecule has 0 saturated heterocycles. The lowest BCUT2D eigenvalue weighted by atomic mass is 10.1. The molecule has 3 rings (SSSR count). The number of nitrogens with zero attached hydrogens (tertiary/aromatic N) is 2. The molecule has 33 heavy (non-hydrogen) atoms. The summed E-state index contributed by atoms with van der Waals surface area (Å²) >= 11 is 0. The van der Waals surface area contributed by atoms with E-state index in [1.165, 1.54) is 12.8 Å². The van der Waals surface area contributed by atoms with Gasteiger partial charge in [0, 0.05) is 25.7 Å². The van der Waals surface area contributed by atoms with E-state index in [1.54, 1.807) is 21.3 Å². The van der Waals surface area contributed by atoms with Crippen LogP contribution in [0.15, 0.2) is 47.5 Å². The van der Waals surface area contributed by atoms with Gasteiger partial charge in [0.15, 0.2) is 17.5 Å². The highest BCUT2D eigenvalue weighted by molar-refractivity contribution is 14.0. The molecule has 0 bridgehead atoms. The number of aliphatic imine (C=N–C) groups is 1. The summed E-state index contributed by atoms with van der Waals surface area (Å²) in [6.45, 7) is 2.13. The third kappa shape index (κ3) is 7.96. The standard InChI is InChI=1S/C25H36N4O3.HI/c1-26-25(27-15-20-8-6-7-9-22(20)32-17-18-10-11-18)28-16-21(29(2)3)19-12-13-23(30-4)24(14-19)31-5;/h6-9,12-14,18,21H,10-11,15-17H2,1-5H3,(H2,26,27,28);1H. The lowest BCUT2D eigenvalue weighted by Crippen LogP contribution is -2.41. The SMILES string of the molecule is CN=C(NCc1ccccc1OCC1CC1)NCC(c1ccc(OC)c(OC)c1)N(C)C.I. The van der Waals surface area contributed by atoms with Gasteiger partial charge in [-0.25, -0.2) is 0 Å². The lowest BCUT2D eigenvalue weighted by Gasteiger charge is -2.26. The van der Waals surface area contributed by atoms with Crippen molar-refractivity contribution in [2.24, 2.45) is 10.9 Å². The Morgan fingerprint density at radius 1 is 1.03 bits per heavy atom. The smallest absolute Gasteiger partial charge is 0.191 e. The van der Waals surface area contributed by atoms with Gasteiger partial charge in [-0.15, -0.1) is 24.0 Å². The van der Waals surface area contributed by atoms with E-state index < -0.39 is 0 Å². The predicted octanol–water partition coefficient (Wildman–Crippen LogP) is 4.08. The molecule has 1 unspecified atom stereocenters. The van der Waals surface area contributed by atoms with E-state index in [2.05, 4.69) is 46.8 Å². The van der Waals surface area contributed by atoms with E-state index in [-0.39, 0.29) is 30.0 Å². The molecule has 0 spiro atoms. The largest absolute Gasteiger partial charge is 0.493 e. The van der Waals surface area contributed by atoms with Gasteiger partial charge in [0.2, 0.25) is 0 Å². The molecular formula is C25H37IN4O3. The zero-order valence-corrected chi connectivity index (χ0v) is 22.6. The topological polar surface area (TPSA) is 67.4 Å². The summed E-state index contributed by atoms with van der Waals surface area (Å²) in [4.78, 5) is 6.56. The first-order valence-electron chi connectivity index (χ1n) is 11.1. The Labute approximate surface area is 214 Å². The van der Waals surface area contributed by atoms with E-state index in [9.17, 15) is 0 Å². The van der Waals surface area contributed by atoms with Crippen molar-refractivity contribution in [1.29, 1.82) is 0 Å². The number of guanidine groups is 1. The number of para-hydroxylation sites is 1. The number of likely N-dealkylation sites (N-methyl/N-ethyl adjacent to an activating group) is 1. The van der Waals surface area contributed by atoms with Gasteiger partial charge in [-0.3, -0.25) is 4.99 Å². The second-order valence-electron chi connectivity index (χ2n) is 8.26. The number of nitrogens with one attached hydrogen (secondary N) is 2. The van der Waals surface area contributed by atoms with Crippen molar-refractivity contribution in [3.05, 3.63) is 53.6 Å². The Kier molecular flexibility index (Phi) is 11.1. The van der Waals surface area contributed by atoms with Crippen molar-refractivity contribution in [2.75, 3.05) is 48.5 Å². The highest BCUT2D eigenvalue weighted by Gasteiger charge is 2.22. The number of hydrogen-bond acceptors (Lipinski definition) is 5. The van der Waals surface area contributed by atoms with Crippen LogP contribution in [0, 0.1) is 5.92 Å². The van der Waals surface area contributed by atoms with Gasteiger partial charge < -0.3 is 29.7 Å². The molecule has 2 N–H and O–H groups in total. The van der Waals surface area contributed by atoms with E-state index in [0.717, 1.165) is 46.9 Å². The summed E-state index contributed by atoms with van der Waals surface area (Å²) in [5.74, 6) is 3.86. The van der Waals surface area contributed by atoms with Crippen LogP contribution < -0.4 is 24.8 Å². The molecule has 1 aliphatic rings. The summed E-state index contributed by atoms with van der Waals surface area (Å²) < 4.78 is 16.9. The van der Waals surface area contributed by atoms with Crippen LogP contribution in [-0.2, 0) is 6.54 Å². The van der Waals surface area contributed by atoms with Crippen molar-refractivity contribution in [3.63, 3.8) is 0 Å². The molecule has 182 valence electrons. The Morgan fingerprint density at radius 2 is 1.76 bits per heavy atom. The summed E-state index contributed by atoms with van der Waals surface area (Å²) in [5.41, 5.74) is 2.26. The zero-order valence-electron chi connectivity index (χ0n) is 20.3. The van der Waals surface area contributed by atoms with Gasteiger partial charge in [-0.1, -0.05) is 24.3 Å². The summed E-state index contributed by atoms with van der Waals surface area (Å²) in [7, 11) is 9.21. The minimum atomic E-state index is 0. The molecule has 2 aromatic carbocycles. The second-order valence-corrected chi connectivity index (χ2v) is 8.26. The first kappa shape index (κ1) is 27.0. The van der Waals surface area contributed by atoms with Crippen LogP contribution in [0.2, 0.25) is 0 Å². The van der Waals surface area contributed by atoms with Crippen LogP contribution in [0.25, 0.3) is 0 Å². The quantitative estimate of drug-likeness (QED) is 0.242. The summed E-state index contributed by atoms with van der Waals surface area (Å²) in [5, 5.41) is 6.86. The maximum Gasteiger partial charge on any atom is 0.191 e. The van der Waals surface area contributed by atoms with Gasteiger partial charge in [-0.2, -0.15) is 0 Å². The van der Waals surface area contributed by atoms with Crippen LogP contribution in [-0.4, -0.2) is 59.4 Å². The van der Waals surface area contributed by atoms with Crippen LogP contribution in [0.3, 0.4) is 0 Å². The Morgan fingerprint density at radius 3 is 2.39 bits per heavy atom. The summed E-state index contributed by atoms with van der Waals surface area (Å²) in [6, 6.07) is 14.3. The minimum Gasteiger partial charge on any atom is -0.493 e. The first-order chi connectivity index (χ1) is 15.5. The number of hydrogen-bond donors (Lipinski definition) is 2. The van der Waals surface area contributed by atoms with Gasteiger partial charge >= 0.3 is 0 Å². The minimum absolute atomic E-state index is 0. The zero-order chi connectivity index (χ0) is 22.9. The molecule has 1 saturated carbocycles. The number of halogens is 1. The molecular weight excluding hydrogens is 531 g/mol. The number of benzene rings is 2. The third-order valence-corrected chi connectivity index (χ3v) is 5.69. The van der Waals surface area contributed by atoms with Crippen molar-refractivity contribution in [3.8, 4) is 17.2 Å². The lowest BCUT2D eigenvalue weighted by molar-refractivity contribution is 0.295. The van der Waals surface area contributed by atoms with Gasteiger partial charge in [0.05, 0.1) is 26.9 Å². The maximum atomic E-state index is 6.03. The molecule has 0 heterocycles. The van der Waals surface area contributed by atoms with Crippen LogP contribution >= 0.6 is 24.0 Å². The molecule has 0 aromatic heterocycles. The third-order valence-electron chi connectivity index (χ3n) is 5.69. The number of rotatable bonds is 11. The molecule has 0 aliphatic heterocycles. The number of methoxy groups -OCH3 is 2. The Hall–Kier alpha value is -2.20. The van der Waals surface area contributed by atoms with Crippen molar-refractivity contribution >= 4 is 29.9 Å². The van der Waals surface area contributed by atoms with E-state index in [1.807, 2.05) is 30.3 Å². The van der Waals surface area contributed by atoms with Crippen LogP contribution in [0.1, 0.15) is 30.0 Å². The van der Waals surface area contributed by atoms with Gasteiger partial charge in [0.25, 0.3) is 0 Å². The molecule has 0 radical (unpaired) electrons. The van der Waals surface area contributed by atoms with E-state index in [0.29, 0.717) is 13.1 Å². The van der Waals surface area contributed by atoms with Crippen molar-refractivity contribution in [2.45, 2.75) is 25.4 Å². The van der Waals surface area contributed by atoms with E-state index >= 15 is 0 Å². The molecule has 7 nitrogen and oxygen atoms in total. The van der Waals surface area contributed by atoms with Crippen molar-refractivity contribution < 1.29 is 14.2 Å². The monoisotopic (exact) mass is 568 g/mol. The Bertz CT molecular complexity index is 903. The fraction of sp³-hybridized carbons (Fsp3) is 0.480. The van der Waals surface area contributed by atoms with Gasteiger partial charge in [-0.05, 0) is 56.6 Å². The molecule has 2 aromatic rings. The first-order valence-corrected chi connectivity index (χ1v) is 11.1. The Balaban J connectivity index is 0.00000385. The average Bonchev–Trinajstić information content (AvgIpc) is 3.64. The molecule has 1 fully saturated rings. The molecule has 1 aliphatic carbocycles. The average molecular weight is 569 g/mol. The van der Waals surface area contributed by atoms with E-state index in [4.69, 9.17) is 14.2 Å². The summed E-state index contributed by atoms with van der Waals surface area (Å²) in [6.07, 6.45) is 2.56. The fourth-order valence-electron chi connectivity index (χ4n) is 3.53. The van der Waals surface area contributed by atoms with Gasteiger partial charge in [0.1, 0.15) is 5.75 Å². The number of ether oxygens (including phenoxy) is 3. The molecule has 8 heteroatoms. The second kappa shape index (κ2) is 13.5. The normalized spacial score (nSPS) is 14.3. The van der Waals surface area contributed by atoms with Crippen LogP contribution in [0.5, 0.6) is 17.2 Å². The highest BCUT2D eigenvalue weighted by atomic mass is 127. The van der Waals surface area contributed by atoms with Crippen molar-refractivity contribution in [1.82, 2.24) is 15.5 Å². The maximum absolute atomic E-state index is 6.03. The van der Waals surface area contributed by atoms with Crippen LogP contribution in [0.4, 0.5) is 0 Å². The highest BCUT2D eigenvalue weighted by Crippen LogP contribution is 2.31. The molecule has 1 atom stereocenters. The fourth-order valence-corrected chi connectivity index (χ4v) is 3.53. The predicted molar refractivity (Wildman–Crippen MR) is 144 cm³/mol. The molecule has 0 amide bonds.